The lowest BCUT2D eigenvalue weighted by molar-refractivity contribution is -0.139. The smallest absolute Gasteiger partial charge is 0.417 e. The third-order valence-corrected chi connectivity index (χ3v) is 5.24. The number of nitrogens with one attached hydrogen (secondary N) is 1. The Hall–Kier alpha value is -3.61. The van der Waals surface area contributed by atoms with E-state index < -0.39 is 41.1 Å². The van der Waals surface area contributed by atoms with Gasteiger partial charge in [0.2, 0.25) is 0 Å². The topological polar surface area (TPSA) is 66.4 Å². The van der Waals surface area contributed by atoms with Crippen LogP contribution in [-0.4, -0.2) is 23.0 Å². The van der Waals surface area contributed by atoms with E-state index in [9.17, 15) is 27.9 Å². The van der Waals surface area contributed by atoms with Crippen molar-refractivity contribution in [3.63, 3.8) is 0 Å². The minimum absolute atomic E-state index is 0.615. The zero-order chi connectivity index (χ0) is 21.5. The fourth-order valence-electron chi connectivity index (χ4n) is 3.99. The second-order valence-electron chi connectivity index (χ2n) is 6.98. The Morgan fingerprint density at radius 3 is 1.87 bits per heavy atom. The van der Waals surface area contributed by atoms with Crippen molar-refractivity contribution in [2.75, 3.05) is 0 Å². The fraction of sp³-hybridized carbons (Fsp3) is 0.130. The number of halogens is 3. The van der Waals surface area contributed by atoms with Gasteiger partial charge in [0.1, 0.15) is 6.04 Å². The molecule has 0 saturated heterocycles. The molecule has 1 aliphatic carbocycles. The fourth-order valence-corrected chi connectivity index (χ4v) is 3.99. The molecule has 0 fully saturated rings. The number of carboxylic acids is 1. The van der Waals surface area contributed by atoms with E-state index in [1.165, 1.54) is 12.1 Å². The molecule has 1 atom stereocenters. The predicted octanol–water partition coefficient (Wildman–Crippen LogP) is 4.70. The molecule has 1 aliphatic rings. The summed E-state index contributed by atoms with van der Waals surface area (Å²) in [4.78, 5) is 24.9. The second-order valence-corrected chi connectivity index (χ2v) is 6.98. The van der Waals surface area contributed by atoms with Crippen molar-refractivity contribution in [2.24, 2.45) is 0 Å². The van der Waals surface area contributed by atoms with Crippen LogP contribution >= 0.6 is 0 Å². The largest absolute Gasteiger partial charge is 0.480 e. The molecule has 152 valence electrons. The summed E-state index contributed by atoms with van der Waals surface area (Å²) in [7, 11) is 0. The number of carboxylic acid groups (broad SMARTS) is 1. The highest BCUT2D eigenvalue weighted by molar-refractivity contribution is 5.99. The van der Waals surface area contributed by atoms with Gasteiger partial charge in [-0.1, -0.05) is 60.7 Å². The van der Waals surface area contributed by atoms with Crippen LogP contribution in [-0.2, 0) is 11.0 Å². The summed E-state index contributed by atoms with van der Waals surface area (Å²) in [6.45, 7) is 0. The van der Waals surface area contributed by atoms with Crippen molar-refractivity contribution in [3.8, 4) is 11.1 Å². The van der Waals surface area contributed by atoms with E-state index in [2.05, 4.69) is 5.32 Å². The number of fused-ring (bicyclic) bond motifs is 3. The third kappa shape index (κ3) is 3.32. The number of aliphatic carboxylic acids is 1. The van der Waals surface area contributed by atoms with Crippen LogP contribution < -0.4 is 5.32 Å². The van der Waals surface area contributed by atoms with Crippen LogP contribution in [0.5, 0.6) is 0 Å². The molecule has 0 heterocycles. The molecule has 2 N–H and O–H groups in total. The predicted molar refractivity (Wildman–Crippen MR) is 104 cm³/mol. The van der Waals surface area contributed by atoms with Gasteiger partial charge in [-0.25, -0.2) is 4.79 Å². The van der Waals surface area contributed by atoms with Gasteiger partial charge in [0, 0.05) is 5.92 Å². The second kappa shape index (κ2) is 7.33. The van der Waals surface area contributed by atoms with E-state index in [4.69, 9.17) is 0 Å². The maximum absolute atomic E-state index is 13.3. The minimum atomic E-state index is -4.74. The summed E-state index contributed by atoms with van der Waals surface area (Å²) in [6, 6.07) is 17.3. The molecular formula is C23H16F3NO3. The first kappa shape index (κ1) is 19.7. The summed E-state index contributed by atoms with van der Waals surface area (Å²) >= 11 is 0. The van der Waals surface area contributed by atoms with Crippen LogP contribution in [0.3, 0.4) is 0 Å². The normalized spacial score (nSPS) is 14.0. The molecule has 30 heavy (non-hydrogen) atoms. The molecule has 0 aromatic heterocycles. The number of alkyl halides is 3. The van der Waals surface area contributed by atoms with Gasteiger partial charge in [0.15, 0.2) is 0 Å². The Bertz CT molecular complexity index is 1090. The van der Waals surface area contributed by atoms with Crippen molar-refractivity contribution >= 4 is 11.9 Å². The van der Waals surface area contributed by atoms with Crippen molar-refractivity contribution in [3.05, 3.63) is 95.1 Å². The first-order chi connectivity index (χ1) is 14.3. The molecule has 0 radical (unpaired) electrons. The van der Waals surface area contributed by atoms with Gasteiger partial charge in [0.05, 0.1) is 11.1 Å². The van der Waals surface area contributed by atoms with Crippen LogP contribution in [0.4, 0.5) is 13.2 Å². The van der Waals surface area contributed by atoms with Gasteiger partial charge in [-0.2, -0.15) is 13.2 Å². The van der Waals surface area contributed by atoms with E-state index in [0.717, 1.165) is 23.3 Å². The van der Waals surface area contributed by atoms with Gasteiger partial charge >= 0.3 is 12.1 Å². The maximum Gasteiger partial charge on any atom is 0.417 e. The van der Waals surface area contributed by atoms with E-state index in [1.807, 2.05) is 24.3 Å². The lowest BCUT2D eigenvalue weighted by Gasteiger charge is -2.24. The van der Waals surface area contributed by atoms with Gasteiger partial charge in [0.25, 0.3) is 5.91 Å². The van der Waals surface area contributed by atoms with E-state index >= 15 is 0 Å². The SMILES string of the molecule is O=C(N[C@H](C(=O)O)C1c2ccccc2-c2ccccc21)c1ccccc1C(F)(F)F. The zero-order valence-corrected chi connectivity index (χ0v) is 15.5. The third-order valence-electron chi connectivity index (χ3n) is 5.24. The molecule has 0 saturated carbocycles. The average Bonchev–Trinajstić information content (AvgIpc) is 3.05. The zero-order valence-electron chi connectivity index (χ0n) is 15.5. The van der Waals surface area contributed by atoms with Gasteiger partial charge in [-0.15, -0.1) is 0 Å². The molecule has 0 bridgehead atoms. The molecule has 0 unspecified atom stereocenters. The van der Waals surface area contributed by atoms with Gasteiger partial charge in [-0.05, 0) is 34.4 Å². The van der Waals surface area contributed by atoms with E-state index in [1.54, 1.807) is 24.3 Å². The maximum atomic E-state index is 13.3. The number of carbonyl (C=O) groups excluding carboxylic acids is 1. The summed E-state index contributed by atoms with van der Waals surface area (Å²) in [5, 5.41) is 12.2. The molecule has 0 spiro atoms. The molecule has 3 aromatic carbocycles. The van der Waals surface area contributed by atoms with E-state index in [-0.39, 0.29) is 0 Å². The number of rotatable bonds is 4. The number of amides is 1. The Balaban J connectivity index is 1.75. The molecule has 4 rings (SSSR count). The number of hydrogen-bond donors (Lipinski definition) is 2. The average molecular weight is 411 g/mol. The van der Waals surface area contributed by atoms with Crippen LogP contribution in [0.25, 0.3) is 11.1 Å². The molecule has 0 aliphatic heterocycles. The summed E-state index contributed by atoms with van der Waals surface area (Å²) in [6.07, 6.45) is -4.74. The molecule has 7 heteroatoms. The van der Waals surface area contributed by atoms with Crippen molar-refractivity contribution < 1.29 is 27.9 Å². The highest BCUT2D eigenvalue weighted by Gasteiger charge is 2.40. The minimum Gasteiger partial charge on any atom is -0.480 e. The highest BCUT2D eigenvalue weighted by Crippen LogP contribution is 2.46. The summed E-state index contributed by atoms with van der Waals surface area (Å²) < 4.78 is 39.9. The van der Waals surface area contributed by atoms with Crippen molar-refractivity contribution in [1.82, 2.24) is 5.32 Å². The lowest BCUT2D eigenvalue weighted by atomic mass is 9.89. The van der Waals surface area contributed by atoms with E-state index in [0.29, 0.717) is 11.1 Å². The number of benzene rings is 3. The first-order valence-corrected chi connectivity index (χ1v) is 9.17. The van der Waals surface area contributed by atoms with Crippen LogP contribution in [0.2, 0.25) is 0 Å². The summed E-state index contributed by atoms with van der Waals surface area (Å²) in [5.74, 6) is -3.14. The van der Waals surface area contributed by atoms with Gasteiger partial charge in [-0.3, -0.25) is 4.79 Å². The molecular weight excluding hydrogens is 395 g/mol. The summed E-state index contributed by atoms with van der Waals surface area (Å²) in [5.41, 5.74) is 1.37. The molecule has 4 nitrogen and oxygen atoms in total. The molecule has 1 amide bonds. The first-order valence-electron chi connectivity index (χ1n) is 9.17. The quantitative estimate of drug-likeness (QED) is 0.654. The van der Waals surface area contributed by atoms with Crippen molar-refractivity contribution in [2.45, 2.75) is 18.1 Å². The van der Waals surface area contributed by atoms with Crippen LogP contribution in [0.15, 0.2) is 72.8 Å². The standard InChI is InChI=1S/C23H16F3NO3/c24-23(25,26)18-12-6-5-11-17(18)21(28)27-20(22(29)30)19-15-9-3-1-7-13(15)14-8-2-4-10-16(14)19/h1-12,19-20H,(H,27,28)(H,29,30)/t20-/m0/s1. The van der Waals surface area contributed by atoms with Gasteiger partial charge < -0.3 is 10.4 Å². The Morgan fingerprint density at radius 1 is 0.833 bits per heavy atom. The monoisotopic (exact) mass is 411 g/mol. The number of hydrogen-bond acceptors (Lipinski definition) is 2. The lowest BCUT2D eigenvalue weighted by Crippen LogP contribution is -2.45. The van der Waals surface area contributed by atoms with Crippen LogP contribution in [0.1, 0.15) is 33.0 Å². The Kier molecular flexibility index (Phi) is 4.81. The van der Waals surface area contributed by atoms with Crippen molar-refractivity contribution in [1.29, 1.82) is 0 Å². The number of carbonyl (C=O) groups is 2. The molecule has 3 aromatic rings. The Labute approximate surface area is 170 Å². The highest BCUT2D eigenvalue weighted by atomic mass is 19.4. The Morgan fingerprint density at radius 2 is 1.33 bits per heavy atom. The van der Waals surface area contributed by atoms with Crippen LogP contribution in [0, 0.1) is 0 Å².